The van der Waals surface area contributed by atoms with E-state index < -0.39 is 21.7 Å². The van der Waals surface area contributed by atoms with Gasteiger partial charge in [-0.05, 0) is 45.2 Å². The van der Waals surface area contributed by atoms with Gasteiger partial charge in [0.25, 0.3) is 0 Å². The first kappa shape index (κ1) is 20.2. The number of hydrogen-bond acceptors (Lipinski definition) is 5. The number of nitriles is 1. The first-order chi connectivity index (χ1) is 12.1. The standard InChI is InChI=1S/C18H25N3O4S/c1-18(2,3)25-17(22)21-10-6-9-16(12-21)20-26(23,24)13-15-8-5-4-7-14(15)11-19/h4-5,7-8,16,20H,6,9-10,12-13H2,1-3H3/t16-/m0/s1. The third-order valence-corrected chi connectivity index (χ3v) is 5.29. The van der Waals surface area contributed by atoms with E-state index in [1.165, 1.54) is 4.90 Å². The third-order valence-electron chi connectivity index (χ3n) is 3.90. The predicted molar refractivity (Wildman–Crippen MR) is 97.7 cm³/mol. The number of hydrogen-bond donors (Lipinski definition) is 1. The van der Waals surface area contributed by atoms with Gasteiger partial charge in [-0.1, -0.05) is 18.2 Å². The van der Waals surface area contributed by atoms with Crippen LogP contribution in [0.3, 0.4) is 0 Å². The van der Waals surface area contributed by atoms with Gasteiger partial charge in [0.1, 0.15) is 5.60 Å². The monoisotopic (exact) mass is 379 g/mol. The fourth-order valence-electron chi connectivity index (χ4n) is 2.82. The molecular weight excluding hydrogens is 354 g/mol. The summed E-state index contributed by atoms with van der Waals surface area (Å²) in [6, 6.07) is 8.26. The number of carbonyl (C=O) groups is 1. The van der Waals surface area contributed by atoms with Crippen molar-refractivity contribution in [1.82, 2.24) is 9.62 Å². The molecule has 0 saturated carbocycles. The van der Waals surface area contributed by atoms with Crippen LogP contribution in [0.4, 0.5) is 4.79 Å². The molecular formula is C18H25N3O4S. The Bertz CT molecular complexity index is 793. The third kappa shape index (κ3) is 6.00. The minimum atomic E-state index is -3.63. The minimum absolute atomic E-state index is 0.264. The number of rotatable bonds is 4. The lowest BCUT2D eigenvalue weighted by Crippen LogP contribution is -2.50. The number of carbonyl (C=O) groups excluding carboxylic acids is 1. The molecule has 1 amide bonds. The lowest BCUT2D eigenvalue weighted by atomic mass is 10.1. The second-order valence-electron chi connectivity index (χ2n) is 7.41. The normalized spacial score (nSPS) is 18.2. The molecule has 7 nitrogen and oxygen atoms in total. The second-order valence-corrected chi connectivity index (χ2v) is 9.17. The molecule has 1 N–H and O–H groups in total. The number of piperidine rings is 1. The van der Waals surface area contributed by atoms with Crippen LogP contribution in [0.5, 0.6) is 0 Å². The van der Waals surface area contributed by atoms with Crippen LogP contribution in [0.15, 0.2) is 24.3 Å². The average Bonchev–Trinajstić information content (AvgIpc) is 2.53. The molecule has 1 aromatic carbocycles. The van der Waals surface area contributed by atoms with Crippen molar-refractivity contribution < 1.29 is 17.9 Å². The van der Waals surface area contributed by atoms with Gasteiger partial charge in [-0.15, -0.1) is 0 Å². The van der Waals surface area contributed by atoms with E-state index in [1.54, 1.807) is 45.0 Å². The smallest absolute Gasteiger partial charge is 0.410 e. The zero-order valence-corrected chi connectivity index (χ0v) is 16.2. The number of ether oxygens (including phenoxy) is 1. The summed E-state index contributed by atoms with van der Waals surface area (Å²) < 4.78 is 33.0. The fourth-order valence-corrected chi connectivity index (χ4v) is 4.27. The summed E-state index contributed by atoms with van der Waals surface area (Å²) in [6.45, 7) is 6.20. The van der Waals surface area contributed by atoms with Gasteiger partial charge in [0, 0.05) is 19.1 Å². The molecule has 1 atom stereocenters. The molecule has 8 heteroatoms. The molecule has 0 aromatic heterocycles. The van der Waals surface area contributed by atoms with E-state index in [4.69, 9.17) is 10.00 Å². The van der Waals surface area contributed by atoms with Gasteiger partial charge in [-0.3, -0.25) is 0 Å². The van der Waals surface area contributed by atoms with Gasteiger partial charge in [-0.25, -0.2) is 17.9 Å². The Morgan fingerprint density at radius 1 is 1.38 bits per heavy atom. The summed E-state index contributed by atoms with van der Waals surface area (Å²) in [5.74, 6) is -0.264. The van der Waals surface area contributed by atoms with Crippen molar-refractivity contribution in [2.75, 3.05) is 13.1 Å². The van der Waals surface area contributed by atoms with Crippen LogP contribution < -0.4 is 4.72 Å². The van der Waals surface area contributed by atoms with E-state index in [1.807, 2.05) is 6.07 Å². The highest BCUT2D eigenvalue weighted by Crippen LogP contribution is 2.17. The van der Waals surface area contributed by atoms with E-state index in [2.05, 4.69) is 4.72 Å². The van der Waals surface area contributed by atoms with Crippen molar-refractivity contribution in [3.8, 4) is 6.07 Å². The molecule has 1 aromatic rings. The van der Waals surface area contributed by atoms with Gasteiger partial charge in [0.2, 0.25) is 10.0 Å². The molecule has 0 radical (unpaired) electrons. The second kappa shape index (κ2) is 8.06. The number of sulfonamides is 1. The number of amides is 1. The van der Waals surface area contributed by atoms with Crippen LogP contribution >= 0.6 is 0 Å². The van der Waals surface area contributed by atoms with E-state index in [0.29, 0.717) is 30.5 Å². The number of nitrogens with zero attached hydrogens (tertiary/aromatic N) is 2. The molecule has 0 spiro atoms. The fraction of sp³-hybridized carbons (Fsp3) is 0.556. The molecule has 142 valence electrons. The first-order valence-corrected chi connectivity index (χ1v) is 10.2. The Hall–Kier alpha value is -2.11. The van der Waals surface area contributed by atoms with Crippen molar-refractivity contribution in [2.45, 2.75) is 51.0 Å². The molecule has 1 heterocycles. The summed E-state index contributed by atoms with van der Waals surface area (Å²) in [6.07, 6.45) is 0.913. The van der Waals surface area contributed by atoms with Crippen molar-refractivity contribution >= 4 is 16.1 Å². The molecule has 1 aliphatic heterocycles. The van der Waals surface area contributed by atoms with Gasteiger partial charge in [0.15, 0.2) is 0 Å². The molecule has 0 aliphatic carbocycles. The van der Waals surface area contributed by atoms with Crippen molar-refractivity contribution in [2.24, 2.45) is 0 Å². The first-order valence-electron chi connectivity index (χ1n) is 8.55. The lowest BCUT2D eigenvalue weighted by molar-refractivity contribution is 0.0195. The summed E-state index contributed by atoms with van der Waals surface area (Å²) >= 11 is 0. The highest BCUT2D eigenvalue weighted by molar-refractivity contribution is 7.88. The van der Waals surface area contributed by atoms with Crippen LogP contribution in [0.25, 0.3) is 0 Å². The summed E-state index contributed by atoms with van der Waals surface area (Å²) in [5.41, 5.74) is 0.212. The molecule has 26 heavy (non-hydrogen) atoms. The van der Waals surface area contributed by atoms with E-state index in [-0.39, 0.29) is 18.3 Å². The Labute approximate surface area is 155 Å². The maximum absolute atomic E-state index is 12.5. The Morgan fingerprint density at radius 2 is 2.08 bits per heavy atom. The molecule has 1 saturated heterocycles. The molecule has 0 bridgehead atoms. The Balaban J connectivity index is 2.00. The van der Waals surface area contributed by atoms with E-state index >= 15 is 0 Å². The SMILES string of the molecule is CC(C)(C)OC(=O)N1CCC[C@H](NS(=O)(=O)Cc2ccccc2C#N)C1. The summed E-state index contributed by atoms with van der Waals surface area (Å²) in [7, 11) is -3.63. The van der Waals surface area contributed by atoms with Crippen LogP contribution in [-0.2, 0) is 20.5 Å². The van der Waals surface area contributed by atoms with E-state index in [0.717, 1.165) is 0 Å². The van der Waals surface area contributed by atoms with Crippen LogP contribution in [0.1, 0.15) is 44.7 Å². The van der Waals surface area contributed by atoms with Crippen LogP contribution in [-0.4, -0.2) is 44.1 Å². The maximum atomic E-state index is 12.5. The lowest BCUT2D eigenvalue weighted by Gasteiger charge is -2.34. The molecule has 0 unspecified atom stereocenters. The largest absolute Gasteiger partial charge is 0.444 e. The topological polar surface area (TPSA) is 99.5 Å². The predicted octanol–water partition coefficient (Wildman–Crippen LogP) is 2.38. The van der Waals surface area contributed by atoms with Crippen LogP contribution in [0, 0.1) is 11.3 Å². The van der Waals surface area contributed by atoms with Crippen molar-refractivity contribution in [1.29, 1.82) is 5.26 Å². The number of nitrogens with one attached hydrogen (secondary N) is 1. The van der Waals surface area contributed by atoms with E-state index in [9.17, 15) is 13.2 Å². The van der Waals surface area contributed by atoms with Gasteiger partial charge >= 0.3 is 6.09 Å². The Morgan fingerprint density at radius 3 is 2.73 bits per heavy atom. The highest BCUT2D eigenvalue weighted by atomic mass is 32.2. The van der Waals surface area contributed by atoms with Crippen molar-refractivity contribution in [3.63, 3.8) is 0 Å². The molecule has 1 fully saturated rings. The molecule has 1 aliphatic rings. The van der Waals surface area contributed by atoms with Gasteiger partial charge in [-0.2, -0.15) is 5.26 Å². The quantitative estimate of drug-likeness (QED) is 0.866. The molecule has 2 rings (SSSR count). The zero-order chi connectivity index (χ0) is 19.4. The average molecular weight is 379 g/mol. The van der Waals surface area contributed by atoms with Gasteiger partial charge in [0.05, 0.1) is 17.4 Å². The van der Waals surface area contributed by atoms with Gasteiger partial charge < -0.3 is 9.64 Å². The maximum Gasteiger partial charge on any atom is 0.410 e. The zero-order valence-electron chi connectivity index (χ0n) is 15.4. The Kier molecular flexibility index (Phi) is 6.26. The number of benzene rings is 1. The highest BCUT2D eigenvalue weighted by Gasteiger charge is 2.29. The minimum Gasteiger partial charge on any atom is -0.444 e. The van der Waals surface area contributed by atoms with Crippen molar-refractivity contribution in [3.05, 3.63) is 35.4 Å². The summed E-state index contributed by atoms with van der Waals surface area (Å²) in [5, 5.41) is 9.10. The van der Waals surface area contributed by atoms with Crippen LogP contribution in [0.2, 0.25) is 0 Å². The number of likely N-dealkylation sites (tertiary alicyclic amines) is 1. The summed E-state index contributed by atoms with van der Waals surface area (Å²) in [4.78, 5) is 13.7.